The molecule has 0 aliphatic heterocycles. The summed E-state index contributed by atoms with van der Waals surface area (Å²) in [4.78, 5) is 9.95. The molecule has 0 radical (unpaired) electrons. The van der Waals surface area contributed by atoms with Crippen LogP contribution in [0.4, 0.5) is 16.2 Å². The Morgan fingerprint density at radius 1 is 1.41 bits per heavy atom. The first-order valence-corrected chi connectivity index (χ1v) is 5.92. The highest BCUT2D eigenvalue weighted by Gasteiger charge is 2.25. The highest BCUT2D eigenvalue weighted by Crippen LogP contribution is 2.25. The first-order chi connectivity index (χ1) is 7.92. The smallest absolute Gasteiger partial charge is 0.224 e. The number of hydrogen-bond donors (Lipinski definition) is 1. The van der Waals surface area contributed by atoms with Crippen molar-refractivity contribution < 1.29 is 4.39 Å². The Morgan fingerprint density at radius 3 is 2.59 bits per heavy atom. The normalized spacial score (nSPS) is 11.4. The summed E-state index contributed by atoms with van der Waals surface area (Å²) in [6.45, 7) is 8.85. The van der Waals surface area contributed by atoms with Crippen LogP contribution in [0.5, 0.6) is 0 Å². The maximum Gasteiger partial charge on any atom is 0.224 e. The lowest BCUT2D eigenvalue weighted by atomic mass is 10.00. The summed E-state index contributed by atoms with van der Waals surface area (Å²) in [7, 11) is 1.85. The summed E-state index contributed by atoms with van der Waals surface area (Å²) in [6, 6.07) is 0. The van der Waals surface area contributed by atoms with Crippen LogP contribution in [0, 0.1) is 5.82 Å². The van der Waals surface area contributed by atoms with Gasteiger partial charge in [-0.05, 0) is 27.2 Å². The van der Waals surface area contributed by atoms with E-state index in [1.807, 2.05) is 18.9 Å². The van der Waals surface area contributed by atoms with Crippen molar-refractivity contribution in [2.24, 2.45) is 0 Å². The van der Waals surface area contributed by atoms with Crippen LogP contribution < -0.4 is 10.2 Å². The van der Waals surface area contributed by atoms with Crippen molar-refractivity contribution in [2.45, 2.75) is 39.7 Å². The van der Waals surface area contributed by atoms with Gasteiger partial charge in [0.15, 0.2) is 11.6 Å². The molecule has 5 heteroatoms. The molecule has 0 saturated carbocycles. The highest BCUT2D eigenvalue weighted by molar-refractivity contribution is 5.45. The minimum Gasteiger partial charge on any atom is -0.354 e. The van der Waals surface area contributed by atoms with Crippen LogP contribution >= 0.6 is 0 Å². The molecule has 1 aromatic rings. The van der Waals surface area contributed by atoms with Crippen molar-refractivity contribution in [3.8, 4) is 0 Å². The first kappa shape index (κ1) is 13.7. The average Bonchev–Trinajstić information content (AvgIpc) is 2.31. The Balaban J connectivity index is 3.07. The molecule has 1 aromatic heterocycles. The van der Waals surface area contributed by atoms with E-state index < -0.39 is 5.82 Å². The van der Waals surface area contributed by atoms with E-state index in [2.05, 4.69) is 36.1 Å². The topological polar surface area (TPSA) is 41.1 Å². The molecule has 0 aliphatic rings. The van der Waals surface area contributed by atoms with E-state index in [0.29, 0.717) is 18.3 Å². The predicted molar refractivity (Wildman–Crippen MR) is 68.9 cm³/mol. The van der Waals surface area contributed by atoms with Crippen molar-refractivity contribution in [3.05, 3.63) is 12.0 Å². The molecule has 0 aromatic carbocycles. The van der Waals surface area contributed by atoms with E-state index in [0.717, 1.165) is 6.42 Å². The molecule has 0 aliphatic carbocycles. The Labute approximate surface area is 102 Å². The molecular formula is C12H21FN4. The van der Waals surface area contributed by atoms with Gasteiger partial charge in [0.1, 0.15) is 0 Å². The zero-order valence-corrected chi connectivity index (χ0v) is 11.2. The fourth-order valence-electron chi connectivity index (χ4n) is 1.36. The van der Waals surface area contributed by atoms with Gasteiger partial charge in [-0.3, -0.25) is 0 Å². The van der Waals surface area contributed by atoms with Crippen molar-refractivity contribution in [2.75, 3.05) is 23.8 Å². The average molecular weight is 240 g/mol. The van der Waals surface area contributed by atoms with E-state index in [1.165, 1.54) is 6.20 Å². The molecule has 0 spiro atoms. The van der Waals surface area contributed by atoms with Crippen molar-refractivity contribution in [3.63, 3.8) is 0 Å². The van der Waals surface area contributed by atoms with Crippen LogP contribution in [0.15, 0.2) is 6.20 Å². The third-order valence-corrected chi connectivity index (χ3v) is 3.15. The summed E-state index contributed by atoms with van der Waals surface area (Å²) in [6.07, 6.45) is 2.12. The molecule has 1 N–H and O–H groups in total. The second-order valence-corrected chi connectivity index (χ2v) is 4.62. The van der Waals surface area contributed by atoms with Gasteiger partial charge in [0, 0.05) is 19.1 Å². The van der Waals surface area contributed by atoms with E-state index >= 15 is 0 Å². The van der Waals surface area contributed by atoms with E-state index in [9.17, 15) is 4.39 Å². The third kappa shape index (κ3) is 3.05. The van der Waals surface area contributed by atoms with Gasteiger partial charge in [-0.1, -0.05) is 6.92 Å². The first-order valence-electron chi connectivity index (χ1n) is 5.92. The monoisotopic (exact) mass is 240 g/mol. The maximum absolute atomic E-state index is 13.7. The molecule has 0 unspecified atom stereocenters. The Bertz CT molecular complexity index is 379. The van der Waals surface area contributed by atoms with Crippen molar-refractivity contribution >= 4 is 11.8 Å². The van der Waals surface area contributed by atoms with Gasteiger partial charge in [-0.15, -0.1) is 0 Å². The molecule has 0 saturated heterocycles. The molecule has 0 bridgehead atoms. The number of aromatic nitrogens is 2. The molecule has 0 atom stereocenters. The molecule has 1 rings (SSSR count). The van der Waals surface area contributed by atoms with Crippen LogP contribution in [0.1, 0.15) is 34.1 Å². The summed E-state index contributed by atoms with van der Waals surface area (Å²) in [5, 5.41) is 2.98. The number of halogens is 1. The van der Waals surface area contributed by atoms with E-state index in [-0.39, 0.29) is 5.54 Å². The van der Waals surface area contributed by atoms with Gasteiger partial charge in [-0.25, -0.2) is 9.37 Å². The van der Waals surface area contributed by atoms with Crippen LogP contribution in [0.25, 0.3) is 0 Å². The van der Waals surface area contributed by atoms with Crippen LogP contribution in [0.3, 0.4) is 0 Å². The SMILES string of the molecule is CCNc1ncc(F)c(N(C)C(C)(C)CC)n1. The number of nitrogens with zero attached hydrogens (tertiary/aromatic N) is 3. The van der Waals surface area contributed by atoms with Crippen LogP contribution in [-0.2, 0) is 0 Å². The lowest BCUT2D eigenvalue weighted by molar-refractivity contribution is 0.457. The highest BCUT2D eigenvalue weighted by atomic mass is 19.1. The van der Waals surface area contributed by atoms with Gasteiger partial charge in [0.05, 0.1) is 6.20 Å². The van der Waals surface area contributed by atoms with Crippen LogP contribution in [0.2, 0.25) is 0 Å². The summed E-state index contributed by atoms with van der Waals surface area (Å²) >= 11 is 0. The Hall–Kier alpha value is -1.39. The Morgan fingerprint density at radius 2 is 2.06 bits per heavy atom. The number of nitrogens with one attached hydrogen (secondary N) is 1. The number of rotatable bonds is 5. The summed E-state index contributed by atoms with van der Waals surface area (Å²) in [5.41, 5.74) is -0.140. The second kappa shape index (κ2) is 5.29. The molecule has 4 nitrogen and oxygen atoms in total. The molecule has 96 valence electrons. The third-order valence-electron chi connectivity index (χ3n) is 3.15. The minimum atomic E-state index is -0.393. The lowest BCUT2D eigenvalue weighted by Crippen LogP contribution is -2.41. The van der Waals surface area contributed by atoms with Crippen molar-refractivity contribution in [1.29, 1.82) is 0 Å². The largest absolute Gasteiger partial charge is 0.354 e. The van der Waals surface area contributed by atoms with Gasteiger partial charge in [-0.2, -0.15) is 4.98 Å². The van der Waals surface area contributed by atoms with E-state index in [1.54, 1.807) is 0 Å². The van der Waals surface area contributed by atoms with Gasteiger partial charge in [0.2, 0.25) is 5.95 Å². The molecule has 0 amide bonds. The molecule has 1 heterocycles. The maximum atomic E-state index is 13.7. The molecule has 17 heavy (non-hydrogen) atoms. The van der Waals surface area contributed by atoms with Gasteiger partial charge < -0.3 is 10.2 Å². The van der Waals surface area contributed by atoms with Gasteiger partial charge >= 0.3 is 0 Å². The second-order valence-electron chi connectivity index (χ2n) is 4.62. The minimum absolute atomic E-state index is 0.140. The number of anilines is 2. The molecular weight excluding hydrogens is 219 g/mol. The fraction of sp³-hybridized carbons (Fsp3) is 0.667. The number of hydrogen-bond acceptors (Lipinski definition) is 4. The van der Waals surface area contributed by atoms with Crippen LogP contribution in [-0.4, -0.2) is 29.1 Å². The lowest BCUT2D eigenvalue weighted by Gasteiger charge is -2.35. The Kier molecular flexibility index (Phi) is 4.26. The van der Waals surface area contributed by atoms with E-state index in [4.69, 9.17) is 0 Å². The summed E-state index contributed by atoms with van der Waals surface area (Å²) < 4.78 is 13.7. The molecule has 0 fully saturated rings. The van der Waals surface area contributed by atoms with Crippen molar-refractivity contribution in [1.82, 2.24) is 9.97 Å². The predicted octanol–water partition coefficient (Wildman–Crippen LogP) is 2.67. The van der Waals surface area contributed by atoms with Gasteiger partial charge in [0.25, 0.3) is 0 Å². The summed E-state index contributed by atoms with van der Waals surface area (Å²) in [5.74, 6) is 0.404. The zero-order chi connectivity index (χ0) is 13.1. The quantitative estimate of drug-likeness (QED) is 0.859. The standard InChI is InChI=1S/C12H21FN4/c1-6-12(3,4)17(5)10-9(13)8-15-11(16-10)14-7-2/h8H,6-7H2,1-5H3,(H,14,15,16). The fourth-order valence-corrected chi connectivity index (χ4v) is 1.36. The zero-order valence-electron chi connectivity index (χ0n) is 11.2.